The zero-order valence-electron chi connectivity index (χ0n) is 11.2. The molecule has 0 aromatic heterocycles. The van der Waals surface area contributed by atoms with Gasteiger partial charge in [0.25, 0.3) is 0 Å². The number of nitrogens with two attached hydrogens (primary N) is 1. The standard InChI is InChI=1S/C14H21N3O2/c1-10(15)11-4-6-12(7-5-11)17-14(18)16-9-13-3-2-8-19-13/h4-7,10,13H,2-3,8-9,15H2,1H3,(H2,16,17,18). The molecule has 2 atom stereocenters. The van der Waals surface area contributed by atoms with E-state index in [-0.39, 0.29) is 18.2 Å². The molecule has 1 heterocycles. The number of urea groups is 1. The Labute approximate surface area is 113 Å². The van der Waals surface area contributed by atoms with Crippen LogP contribution in [0.2, 0.25) is 0 Å². The summed E-state index contributed by atoms with van der Waals surface area (Å²) in [5.74, 6) is 0. The highest BCUT2D eigenvalue weighted by Crippen LogP contribution is 2.14. The third-order valence-electron chi connectivity index (χ3n) is 3.21. The number of hydrogen-bond donors (Lipinski definition) is 3. The summed E-state index contributed by atoms with van der Waals surface area (Å²) in [6, 6.07) is 7.33. The lowest BCUT2D eigenvalue weighted by Crippen LogP contribution is -2.35. The zero-order valence-corrected chi connectivity index (χ0v) is 11.2. The molecule has 19 heavy (non-hydrogen) atoms. The number of benzene rings is 1. The first kappa shape index (κ1) is 13.8. The Morgan fingerprint density at radius 1 is 1.47 bits per heavy atom. The van der Waals surface area contributed by atoms with Crippen molar-refractivity contribution in [3.63, 3.8) is 0 Å². The molecule has 1 aliphatic heterocycles. The summed E-state index contributed by atoms with van der Waals surface area (Å²) in [7, 11) is 0. The summed E-state index contributed by atoms with van der Waals surface area (Å²) in [5.41, 5.74) is 7.57. The minimum absolute atomic E-state index is 0.00221. The van der Waals surface area contributed by atoms with Gasteiger partial charge in [-0.15, -0.1) is 0 Å². The molecule has 5 nitrogen and oxygen atoms in total. The molecule has 1 aliphatic rings. The van der Waals surface area contributed by atoms with E-state index in [0.29, 0.717) is 6.54 Å². The van der Waals surface area contributed by atoms with Gasteiger partial charge in [0.15, 0.2) is 0 Å². The molecule has 0 bridgehead atoms. The van der Waals surface area contributed by atoms with E-state index in [4.69, 9.17) is 10.5 Å². The van der Waals surface area contributed by atoms with Crippen molar-refractivity contribution in [3.05, 3.63) is 29.8 Å². The van der Waals surface area contributed by atoms with Crippen molar-refractivity contribution in [2.75, 3.05) is 18.5 Å². The van der Waals surface area contributed by atoms with Gasteiger partial charge in [-0.25, -0.2) is 4.79 Å². The van der Waals surface area contributed by atoms with Crippen molar-refractivity contribution in [2.45, 2.75) is 31.9 Å². The molecule has 2 amide bonds. The lowest BCUT2D eigenvalue weighted by atomic mass is 10.1. The zero-order chi connectivity index (χ0) is 13.7. The molecule has 2 rings (SSSR count). The molecule has 2 unspecified atom stereocenters. The quantitative estimate of drug-likeness (QED) is 0.777. The van der Waals surface area contributed by atoms with Crippen molar-refractivity contribution >= 4 is 11.7 Å². The summed E-state index contributed by atoms with van der Waals surface area (Å²) < 4.78 is 5.44. The van der Waals surface area contributed by atoms with E-state index in [9.17, 15) is 4.79 Å². The number of anilines is 1. The highest BCUT2D eigenvalue weighted by molar-refractivity contribution is 5.89. The monoisotopic (exact) mass is 263 g/mol. The van der Waals surface area contributed by atoms with Crippen LogP contribution < -0.4 is 16.4 Å². The highest BCUT2D eigenvalue weighted by atomic mass is 16.5. The van der Waals surface area contributed by atoms with Crippen LogP contribution in [-0.4, -0.2) is 25.3 Å². The van der Waals surface area contributed by atoms with Crippen LogP contribution in [0.5, 0.6) is 0 Å². The van der Waals surface area contributed by atoms with Crippen molar-refractivity contribution in [1.29, 1.82) is 0 Å². The van der Waals surface area contributed by atoms with Crippen molar-refractivity contribution < 1.29 is 9.53 Å². The number of amides is 2. The van der Waals surface area contributed by atoms with Crippen LogP contribution in [0.4, 0.5) is 10.5 Å². The maximum atomic E-state index is 11.7. The first-order valence-electron chi connectivity index (χ1n) is 6.67. The molecule has 1 fully saturated rings. The van der Waals surface area contributed by atoms with Crippen molar-refractivity contribution in [2.24, 2.45) is 5.73 Å². The van der Waals surface area contributed by atoms with Gasteiger partial charge in [-0.2, -0.15) is 0 Å². The SMILES string of the molecule is CC(N)c1ccc(NC(=O)NCC2CCCO2)cc1. The summed E-state index contributed by atoms with van der Waals surface area (Å²) in [5, 5.41) is 5.60. The van der Waals surface area contributed by atoms with Crippen LogP contribution in [0.3, 0.4) is 0 Å². The van der Waals surface area contributed by atoms with E-state index in [1.165, 1.54) is 0 Å². The smallest absolute Gasteiger partial charge is 0.319 e. The normalized spacial score (nSPS) is 20.0. The number of carbonyl (C=O) groups excluding carboxylic acids is 1. The van der Waals surface area contributed by atoms with Crippen LogP contribution in [0, 0.1) is 0 Å². The van der Waals surface area contributed by atoms with Gasteiger partial charge < -0.3 is 21.1 Å². The summed E-state index contributed by atoms with van der Waals surface area (Å²) in [4.78, 5) is 11.7. The van der Waals surface area contributed by atoms with Gasteiger partial charge in [0, 0.05) is 24.9 Å². The number of ether oxygens (including phenoxy) is 1. The maximum absolute atomic E-state index is 11.7. The number of hydrogen-bond acceptors (Lipinski definition) is 3. The summed E-state index contributed by atoms with van der Waals surface area (Å²) >= 11 is 0. The molecule has 1 saturated heterocycles. The molecule has 0 radical (unpaired) electrons. The topological polar surface area (TPSA) is 76.4 Å². The fourth-order valence-corrected chi connectivity index (χ4v) is 2.06. The van der Waals surface area contributed by atoms with Gasteiger partial charge in [-0.05, 0) is 37.5 Å². The Balaban J connectivity index is 1.77. The molecular formula is C14H21N3O2. The third-order valence-corrected chi connectivity index (χ3v) is 3.21. The molecule has 0 saturated carbocycles. The van der Waals surface area contributed by atoms with Crippen LogP contribution in [0.15, 0.2) is 24.3 Å². The maximum Gasteiger partial charge on any atom is 0.319 e. The fraction of sp³-hybridized carbons (Fsp3) is 0.500. The van der Waals surface area contributed by atoms with E-state index in [0.717, 1.165) is 30.7 Å². The molecule has 4 N–H and O–H groups in total. The Hall–Kier alpha value is -1.59. The van der Waals surface area contributed by atoms with Crippen molar-refractivity contribution in [1.82, 2.24) is 5.32 Å². The van der Waals surface area contributed by atoms with Crippen LogP contribution in [-0.2, 0) is 4.74 Å². The van der Waals surface area contributed by atoms with Gasteiger partial charge in [0.2, 0.25) is 0 Å². The van der Waals surface area contributed by atoms with E-state index in [1.54, 1.807) is 0 Å². The van der Waals surface area contributed by atoms with Gasteiger partial charge in [0.1, 0.15) is 0 Å². The first-order valence-corrected chi connectivity index (χ1v) is 6.67. The first-order chi connectivity index (χ1) is 9.15. The van der Waals surface area contributed by atoms with E-state index >= 15 is 0 Å². The van der Waals surface area contributed by atoms with E-state index in [2.05, 4.69) is 10.6 Å². The summed E-state index contributed by atoms with van der Waals surface area (Å²) in [6.07, 6.45) is 2.25. The lowest BCUT2D eigenvalue weighted by molar-refractivity contribution is 0.112. The number of rotatable bonds is 4. The van der Waals surface area contributed by atoms with E-state index in [1.807, 2.05) is 31.2 Å². The Kier molecular flexibility index (Phi) is 4.76. The minimum atomic E-state index is -0.205. The summed E-state index contributed by atoms with van der Waals surface area (Å²) in [6.45, 7) is 3.28. The molecule has 1 aromatic carbocycles. The predicted molar refractivity (Wildman–Crippen MR) is 75.0 cm³/mol. The van der Waals surface area contributed by atoms with Gasteiger partial charge in [-0.1, -0.05) is 12.1 Å². The second-order valence-electron chi connectivity index (χ2n) is 4.88. The second kappa shape index (κ2) is 6.54. The molecule has 1 aromatic rings. The second-order valence-corrected chi connectivity index (χ2v) is 4.88. The molecular weight excluding hydrogens is 242 g/mol. The van der Waals surface area contributed by atoms with Crippen LogP contribution in [0.1, 0.15) is 31.4 Å². The van der Waals surface area contributed by atoms with Crippen molar-refractivity contribution in [3.8, 4) is 0 Å². The highest BCUT2D eigenvalue weighted by Gasteiger charge is 2.15. The minimum Gasteiger partial charge on any atom is -0.376 e. The number of nitrogens with one attached hydrogen (secondary N) is 2. The van der Waals surface area contributed by atoms with Gasteiger partial charge in [-0.3, -0.25) is 0 Å². The Morgan fingerprint density at radius 2 is 2.21 bits per heavy atom. The lowest BCUT2D eigenvalue weighted by Gasteiger charge is -2.12. The molecule has 5 heteroatoms. The van der Waals surface area contributed by atoms with Gasteiger partial charge >= 0.3 is 6.03 Å². The Morgan fingerprint density at radius 3 is 2.79 bits per heavy atom. The number of carbonyl (C=O) groups is 1. The molecule has 104 valence electrons. The van der Waals surface area contributed by atoms with Crippen LogP contribution >= 0.6 is 0 Å². The Bertz CT molecular complexity index is 411. The van der Waals surface area contributed by atoms with Gasteiger partial charge in [0.05, 0.1) is 6.10 Å². The van der Waals surface area contributed by atoms with Crippen LogP contribution in [0.25, 0.3) is 0 Å². The van der Waals surface area contributed by atoms with E-state index < -0.39 is 0 Å². The average molecular weight is 263 g/mol. The predicted octanol–water partition coefficient (Wildman–Crippen LogP) is 2.01. The third kappa shape index (κ3) is 4.22. The molecule has 0 aliphatic carbocycles. The fourth-order valence-electron chi connectivity index (χ4n) is 2.06. The largest absolute Gasteiger partial charge is 0.376 e. The average Bonchev–Trinajstić information content (AvgIpc) is 2.90. The molecule has 0 spiro atoms.